The Morgan fingerprint density at radius 2 is 2.13 bits per heavy atom. The Morgan fingerprint density at radius 3 is 2.67 bits per heavy atom. The fourth-order valence-electron chi connectivity index (χ4n) is 1.59. The molecular weight excluding hydrogens is 192 g/mol. The lowest BCUT2D eigenvalue weighted by Gasteiger charge is -2.04. The minimum absolute atomic E-state index is 0.113. The quantitative estimate of drug-likeness (QED) is 0.783. The van der Waals surface area contributed by atoms with Crippen LogP contribution in [-0.4, -0.2) is 14.7 Å². The summed E-state index contributed by atoms with van der Waals surface area (Å²) in [6, 6.07) is 0. The molecule has 0 saturated heterocycles. The zero-order valence-electron chi connectivity index (χ0n) is 9.71. The van der Waals surface area contributed by atoms with Crippen LogP contribution < -0.4 is 5.69 Å². The largest absolute Gasteiger partial charge is 0.493 e. The van der Waals surface area contributed by atoms with Crippen molar-refractivity contribution in [2.45, 2.75) is 46.6 Å². The predicted molar refractivity (Wildman–Crippen MR) is 60.2 cm³/mol. The van der Waals surface area contributed by atoms with E-state index in [4.69, 9.17) is 0 Å². The number of aromatic nitrogens is 2. The number of nitrogens with zero attached hydrogens (tertiary/aromatic N) is 1. The standard InChI is InChI=1S/C11H20N2O2/c1-4-5-6-13-10(14)9(7-8(2)3)12-11(13)15/h8,14H,4-7H2,1-3H3,(H,12,15). The Kier molecular flexibility index (Phi) is 4.00. The van der Waals surface area contributed by atoms with E-state index in [1.54, 1.807) is 0 Å². The van der Waals surface area contributed by atoms with E-state index >= 15 is 0 Å². The molecule has 0 saturated carbocycles. The lowest BCUT2D eigenvalue weighted by molar-refractivity contribution is 0.400. The third-order valence-electron chi connectivity index (χ3n) is 2.38. The number of rotatable bonds is 5. The average molecular weight is 212 g/mol. The van der Waals surface area contributed by atoms with Gasteiger partial charge in [-0.05, 0) is 18.8 Å². The van der Waals surface area contributed by atoms with Crippen LogP contribution in [0, 0.1) is 5.92 Å². The molecule has 0 spiro atoms. The van der Waals surface area contributed by atoms with E-state index < -0.39 is 0 Å². The smallest absolute Gasteiger partial charge is 0.328 e. The molecule has 0 unspecified atom stereocenters. The Balaban J connectivity index is 2.88. The van der Waals surface area contributed by atoms with Crippen LogP contribution in [0.25, 0.3) is 0 Å². The molecule has 4 nitrogen and oxygen atoms in total. The van der Waals surface area contributed by atoms with Gasteiger partial charge in [0.15, 0.2) is 0 Å². The molecule has 0 bridgehead atoms. The van der Waals surface area contributed by atoms with Gasteiger partial charge in [0, 0.05) is 6.54 Å². The summed E-state index contributed by atoms with van der Waals surface area (Å²) in [7, 11) is 0. The molecule has 15 heavy (non-hydrogen) atoms. The van der Waals surface area contributed by atoms with Gasteiger partial charge in [-0.3, -0.25) is 4.57 Å². The number of unbranched alkanes of at least 4 members (excludes halogenated alkanes) is 1. The summed E-state index contributed by atoms with van der Waals surface area (Å²) in [6.07, 6.45) is 2.63. The van der Waals surface area contributed by atoms with Crippen LogP contribution in [-0.2, 0) is 13.0 Å². The summed E-state index contributed by atoms with van der Waals surface area (Å²) in [5.41, 5.74) is 0.461. The van der Waals surface area contributed by atoms with Crippen LogP contribution in [0.2, 0.25) is 0 Å². The van der Waals surface area contributed by atoms with Gasteiger partial charge in [0.05, 0.1) is 5.69 Å². The highest BCUT2D eigenvalue weighted by atomic mass is 16.3. The molecule has 1 heterocycles. The lowest BCUT2D eigenvalue weighted by Crippen LogP contribution is -2.16. The van der Waals surface area contributed by atoms with Gasteiger partial charge >= 0.3 is 5.69 Å². The molecule has 2 N–H and O–H groups in total. The van der Waals surface area contributed by atoms with Gasteiger partial charge in [0.1, 0.15) is 0 Å². The van der Waals surface area contributed by atoms with Gasteiger partial charge in [-0.2, -0.15) is 0 Å². The summed E-state index contributed by atoms with van der Waals surface area (Å²) < 4.78 is 1.42. The first kappa shape index (κ1) is 11.9. The monoisotopic (exact) mass is 212 g/mol. The highest BCUT2D eigenvalue weighted by Gasteiger charge is 2.13. The highest BCUT2D eigenvalue weighted by Crippen LogP contribution is 2.16. The second kappa shape index (κ2) is 5.05. The van der Waals surface area contributed by atoms with Gasteiger partial charge in [-0.25, -0.2) is 4.79 Å². The maximum atomic E-state index is 11.5. The van der Waals surface area contributed by atoms with Gasteiger partial charge in [0.2, 0.25) is 5.88 Å². The van der Waals surface area contributed by atoms with E-state index in [0.717, 1.165) is 12.8 Å². The van der Waals surface area contributed by atoms with E-state index in [1.807, 2.05) is 0 Å². The molecule has 0 aliphatic carbocycles. The van der Waals surface area contributed by atoms with Crippen LogP contribution in [0.5, 0.6) is 5.88 Å². The average Bonchev–Trinajstić information content (AvgIpc) is 2.39. The Morgan fingerprint density at radius 1 is 1.47 bits per heavy atom. The second-order valence-electron chi connectivity index (χ2n) is 4.34. The third kappa shape index (κ3) is 2.88. The van der Waals surface area contributed by atoms with E-state index in [9.17, 15) is 9.90 Å². The number of nitrogens with one attached hydrogen (secondary N) is 1. The van der Waals surface area contributed by atoms with E-state index in [2.05, 4.69) is 25.8 Å². The van der Waals surface area contributed by atoms with Gasteiger partial charge in [0.25, 0.3) is 0 Å². The minimum Gasteiger partial charge on any atom is -0.493 e. The van der Waals surface area contributed by atoms with Crippen molar-refractivity contribution < 1.29 is 5.11 Å². The van der Waals surface area contributed by atoms with Crippen molar-refractivity contribution in [1.82, 2.24) is 9.55 Å². The third-order valence-corrected chi connectivity index (χ3v) is 2.38. The molecule has 1 aromatic heterocycles. The molecule has 86 valence electrons. The van der Waals surface area contributed by atoms with E-state index in [1.165, 1.54) is 4.57 Å². The molecule has 0 aromatic carbocycles. The maximum Gasteiger partial charge on any atom is 0.328 e. The fraction of sp³-hybridized carbons (Fsp3) is 0.727. The maximum absolute atomic E-state index is 11.5. The molecule has 1 aromatic rings. The molecule has 4 heteroatoms. The van der Waals surface area contributed by atoms with Gasteiger partial charge < -0.3 is 10.1 Å². The van der Waals surface area contributed by atoms with E-state index in [-0.39, 0.29) is 11.6 Å². The summed E-state index contributed by atoms with van der Waals surface area (Å²) in [6.45, 7) is 6.77. The fourth-order valence-corrected chi connectivity index (χ4v) is 1.59. The first-order valence-corrected chi connectivity index (χ1v) is 5.56. The van der Waals surface area contributed by atoms with Crippen molar-refractivity contribution in [3.63, 3.8) is 0 Å². The lowest BCUT2D eigenvalue weighted by atomic mass is 10.1. The van der Waals surface area contributed by atoms with Crippen LogP contribution in [0.15, 0.2) is 4.79 Å². The first-order valence-electron chi connectivity index (χ1n) is 5.56. The topological polar surface area (TPSA) is 58.0 Å². The second-order valence-corrected chi connectivity index (χ2v) is 4.34. The van der Waals surface area contributed by atoms with Crippen molar-refractivity contribution in [1.29, 1.82) is 0 Å². The number of aromatic amines is 1. The minimum atomic E-state index is -0.198. The summed E-state index contributed by atoms with van der Waals surface area (Å²) >= 11 is 0. The number of H-pyrrole nitrogens is 1. The Hall–Kier alpha value is -1.19. The summed E-state index contributed by atoms with van der Waals surface area (Å²) in [5.74, 6) is 0.538. The van der Waals surface area contributed by atoms with Crippen molar-refractivity contribution in [3.05, 3.63) is 16.2 Å². The summed E-state index contributed by atoms with van der Waals surface area (Å²) in [5, 5.41) is 9.82. The highest BCUT2D eigenvalue weighted by molar-refractivity contribution is 5.18. The Labute approximate surface area is 89.9 Å². The van der Waals surface area contributed by atoms with Gasteiger partial charge in [-0.15, -0.1) is 0 Å². The normalized spacial score (nSPS) is 11.2. The van der Waals surface area contributed by atoms with Crippen molar-refractivity contribution in [3.8, 4) is 5.88 Å². The molecular formula is C11H20N2O2. The van der Waals surface area contributed by atoms with Gasteiger partial charge in [-0.1, -0.05) is 27.2 Å². The number of aromatic hydroxyl groups is 1. The first-order chi connectivity index (χ1) is 7.06. The molecule has 0 aliphatic rings. The molecule has 1 rings (SSSR count). The van der Waals surface area contributed by atoms with Crippen LogP contribution >= 0.6 is 0 Å². The van der Waals surface area contributed by atoms with Crippen molar-refractivity contribution in [2.24, 2.45) is 5.92 Å². The Bertz CT molecular complexity index is 363. The number of hydrogen-bond donors (Lipinski definition) is 2. The van der Waals surface area contributed by atoms with Crippen LogP contribution in [0.1, 0.15) is 39.3 Å². The zero-order valence-corrected chi connectivity index (χ0v) is 9.71. The zero-order chi connectivity index (χ0) is 11.4. The molecule has 0 fully saturated rings. The number of hydrogen-bond acceptors (Lipinski definition) is 2. The van der Waals surface area contributed by atoms with E-state index in [0.29, 0.717) is 24.6 Å². The molecule has 0 amide bonds. The van der Waals surface area contributed by atoms with Crippen LogP contribution in [0.3, 0.4) is 0 Å². The van der Waals surface area contributed by atoms with Crippen LogP contribution in [0.4, 0.5) is 0 Å². The summed E-state index contributed by atoms with van der Waals surface area (Å²) in [4.78, 5) is 14.2. The molecule has 0 atom stereocenters. The SMILES string of the molecule is CCCCn1c(O)c(CC(C)C)[nH]c1=O. The number of imidazole rings is 1. The molecule has 0 aliphatic heterocycles. The van der Waals surface area contributed by atoms with Crippen molar-refractivity contribution in [2.75, 3.05) is 0 Å². The predicted octanol–water partition coefficient (Wildman–Crippen LogP) is 1.88. The van der Waals surface area contributed by atoms with Crippen molar-refractivity contribution >= 4 is 0 Å². The molecule has 0 radical (unpaired) electrons.